The Morgan fingerprint density at radius 2 is 1.89 bits per heavy atom. The second-order valence-corrected chi connectivity index (χ2v) is 4.56. The molecular formula is C14H14FN3. The minimum atomic E-state index is -0.219. The molecule has 1 aromatic heterocycles. The highest BCUT2D eigenvalue weighted by Crippen LogP contribution is 2.37. The fraction of sp³-hybridized carbons (Fsp3) is 0.214. The van der Waals surface area contributed by atoms with Crippen LogP contribution in [0.1, 0.15) is 11.1 Å². The first-order chi connectivity index (χ1) is 8.66. The van der Waals surface area contributed by atoms with E-state index in [9.17, 15) is 4.39 Å². The Labute approximate surface area is 105 Å². The topological polar surface area (TPSA) is 19.4 Å². The first-order valence-corrected chi connectivity index (χ1v) is 5.87. The lowest BCUT2D eigenvalue weighted by Gasteiger charge is -2.26. The standard InChI is InChI=1S/C14H14FN3/c1-10-7-16-8-14-13(10)9-17(2)18(14)12-5-3-11(15)4-6-12/h3-8H,9H2,1-2H3. The highest BCUT2D eigenvalue weighted by molar-refractivity contribution is 5.68. The normalized spacial score (nSPS) is 14.9. The molecule has 1 aliphatic rings. The summed E-state index contributed by atoms with van der Waals surface area (Å²) < 4.78 is 13.0. The van der Waals surface area contributed by atoms with Crippen molar-refractivity contribution in [1.29, 1.82) is 0 Å². The molecule has 0 saturated carbocycles. The predicted molar refractivity (Wildman–Crippen MR) is 69.0 cm³/mol. The molecule has 0 N–H and O–H groups in total. The van der Waals surface area contributed by atoms with E-state index in [1.165, 1.54) is 23.3 Å². The summed E-state index contributed by atoms with van der Waals surface area (Å²) in [6.07, 6.45) is 3.73. The van der Waals surface area contributed by atoms with Crippen molar-refractivity contribution in [2.24, 2.45) is 0 Å². The Balaban J connectivity index is 2.09. The summed E-state index contributed by atoms with van der Waals surface area (Å²) in [4.78, 5) is 4.24. The largest absolute Gasteiger partial charge is 0.272 e. The number of hydrogen-bond acceptors (Lipinski definition) is 3. The first kappa shape index (κ1) is 11.2. The van der Waals surface area contributed by atoms with Crippen molar-refractivity contribution in [3.8, 4) is 0 Å². The molecule has 18 heavy (non-hydrogen) atoms. The van der Waals surface area contributed by atoms with Gasteiger partial charge in [-0.15, -0.1) is 0 Å². The molecule has 3 nitrogen and oxygen atoms in total. The first-order valence-electron chi connectivity index (χ1n) is 5.87. The van der Waals surface area contributed by atoms with Crippen molar-refractivity contribution in [3.05, 3.63) is 53.6 Å². The highest BCUT2D eigenvalue weighted by atomic mass is 19.1. The van der Waals surface area contributed by atoms with Crippen molar-refractivity contribution >= 4 is 11.4 Å². The summed E-state index contributed by atoms with van der Waals surface area (Å²) in [6, 6.07) is 6.52. The van der Waals surface area contributed by atoms with Gasteiger partial charge < -0.3 is 0 Å². The Morgan fingerprint density at radius 1 is 1.17 bits per heavy atom. The molecule has 92 valence electrons. The predicted octanol–water partition coefficient (Wildman–Crippen LogP) is 3.03. The Bertz CT molecular complexity index is 580. The van der Waals surface area contributed by atoms with Crippen LogP contribution in [0.4, 0.5) is 15.8 Å². The SMILES string of the molecule is Cc1cncc2c1CN(C)N2c1ccc(F)cc1. The van der Waals surface area contributed by atoms with Gasteiger partial charge in [-0.1, -0.05) is 0 Å². The molecule has 0 bridgehead atoms. The lowest BCUT2D eigenvalue weighted by atomic mass is 10.1. The van der Waals surface area contributed by atoms with E-state index in [1.54, 1.807) is 12.1 Å². The van der Waals surface area contributed by atoms with Gasteiger partial charge in [-0.05, 0) is 42.3 Å². The number of nitrogens with zero attached hydrogens (tertiary/aromatic N) is 3. The maximum Gasteiger partial charge on any atom is 0.123 e. The van der Waals surface area contributed by atoms with Gasteiger partial charge in [-0.2, -0.15) is 0 Å². The smallest absolute Gasteiger partial charge is 0.123 e. The van der Waals surface area contributed by atoms with Gasteiger partial charge in [0.05, 0.1) is 17.6 Å². The molecule has 0 atom stereocenters. The molecule has 0 unspecified atom stereocenters. The van der Waals surface area contributed by atoms with Gasteiger partial charge >= 0.3 is 0 Å². The molecule has 2 heterocycles. The molecule has 0 spiro atoms. The monoisotopic (exact) mass is 243 g/mol. The molecular weight excluding hydrogens is 229 g/mol. The van der Waals surface area contributed by atoms with Crippen LogP contribution in [0.5, 0.6) is 0 Å². The molecule has 0 fully saturated rings. The molecule has 2 aromatic rings. The van der Waals surface area contributed by atoms with Crippen LogP contribution in [0.25, 0.3) is 0 Å². The second-order valence-electron chi connectivity index (χ2n) is 4.56. The number of fused-ring (bicyclic) bond motifs is 1. The van der Waals surface area contributed by atoms with Gasteiger partial charge in [0.1, 0.15) is 5.82 Å². The van der Waals surface area contributed by atoms with Crippen molar-refractivity contribution < 1.29 is 4.39 Å². The number of pyridine rings is 1. The summed E-state index contributed by atoms with van der Waals surface area (Å²) in [7, 11) is 2.02. The lowest BCUT2D eigenvalue weighted by molar-refractivity contribution is 0.361. The highest BCUT2D eigenvalue weighted by Gasteiger charge is 2.27. The van der Waals surface area contributed by atoms with Crippen LogP contribution in [0.2, 0.25) is 0 Å². The summed E-state index contributed by atoms with van der Waals surface area (Å²) >= 11 is 0. The zero-order chi connectivity index (χ0) is 12.7. The van der Waals surface area contributed by atoms with Crippen LogP contribution in [-0.2, 0) is 6.54 Å². The molecule has 1 aliphatic heterocycles. The molecule has 0 radical (unpaired) electrons. The number of aryl methyl sites for hydroxylation is 1. The number of rotatable bonds is 1. The maximum absolute atomic E-state index is 13.0. The molecule has 0 amide bonds. The van der Waals surface area contributed by atoms with Crippen LogP contribution in [0.3, 0.4) is 0 Å². The van der Waals surface area contributed by atoms with Gasteiger partial charge in [0.15, 0.2) is 0 Å². The number of hydrogen-bond donors (Lipinski definition) is 0. The van der Waals surface area contributed by atoms with E-state index >= 15 is 0 Å². The van der Waals surface area contributed by atoms with Gasteiger partial charge in [0, 0.05) is 19.8 Å². The second kappa shape index (κ2) is 4.07. The van der Waals surface area contributed by atoms with Crippen molar-refractivity contribution in [2.45, 2.75) is 13.5 Å². The van der Waals surface area contributed by atoms with E-state index in [1.807, 2.05) is 19.4 Å². The summed E-state index contributed by atoms with van der Waals surface area (Å²) in [5.74, 6) is -0.219. The molecule has 3 rings (SSSR count). The third-order valence-corrected chi connectivity index (χ3v) is 3.28. The fourth-order valence-corrected chi connectivity index (χ4v) is 2.37. The average Bonchev–Trinajstić information content (AvgIpc) is 2.69. The minimum absolute atomic E-state index is 0.219. The Morgan fingerprint density at radius 3 is 2.61 bits per heavy atom. The number of halogens is 1. The molecule has 0 saturated heterocycles. The summed E-state index contributed by atoms with van der Waals surface area (Å²) in [6.45, 7) is 2.91. The van der Waals surface area contributed by atoms with Gasteiger partial charge in [0.25, 0.3) is 0 Å². The number of hydrazine groups is 1. The lowest BCUT2D eigenvalue weighted by Crippen LogP contribution is -2.29. The van der Waals surface area contributed by atoms with Crippen LogP contribution in [-0.4, -0.2) is 17.0 Å². The molecule has 0 aliphatic carbocycles. The molecule has 4 heteroatoms. The van der Waals surface area contributed by atoms with Crippen molar-refractivity contribution in [1.82, 2.24) is 9.99 Å². The third-order valence-electron chi connectivity index (χ3n) is 3.28. The molecule has 1 aromatic carbocycles. The van der Waals surface area contributed by atoms with Gasteiger partial charge in [0.2, 0.25) is 0 Å². The Hall–Kier alpha value is -1.94. The Kier molecular flexibility index (Phi) is 2.52. The fourth-order valence-electron chi connectivity index (χ4n) is 2.37. The van der Waals surface area contributed by atoms with E-state index in [-0.39, 0.29) is 5.82 Å². The number of anilines is 2. The van der Waals surface area contributed by atoms with Crippen LogP contribution in [0.15, 0.2) is 36.7 Å². The maximum atomic E-state index is 13.0. The third kappa shape index (κ3) is 1.66. The van der Waals surface area contributed by atoms with Crippen LogP contribution in [0, 0.1) is 12.7 Å². The van der Waals surface area contributed by atoms with E-state index in [4.69, 9.17) is 0 Å². The van der Waals surface area contributed by atoms with Crippen molar-refractivity contribution in [3.63, 3.8) is 0 Å². The summed E-state index contributed by atoms with van der Waals surface area (Å²) in [5.41, 5.74) is 4.48. The summed E-state index contributed by atoms with van der Waals surface area (Å²) in [5, 5.41) is 4.17. The van der Waals surface area contributed by atoms with E-state index in [2.05, 4.69) is 21.9 Å². The van der Waals surface area contributed by atoms with Crippen LogP contribution >= 0.6 is 0 Å². The zero-order valence-electron chi connectivity index (χ0n) is 10.4. The van der Waals surface area contributed by atoms with E-state index in [0.717, 1.165) is 17.9 Å². The zero-order valence-corrected chi connectivity index (χ0v) is 10.4. The van der Waals surface area contributed by atoms with Gasteiger partial charge in [-0.3, -0.25) is 9.99 Å². The number of benzene rings is 1. The average molecular weight is 243 g/mol. The number of aromatic nitrogens is 1. The van der Waals surface area contributed by atoms with Gasteiger partial charge in [-0.25, -0.2) is 9.40 Å². The van der Waals surface area contributed by atoms with Crippen LogP contribution < -0.4 is 5.01 Å². The quantitative estimate of drug-likeness (QED) is 0.767. The minimum Gasteiger partial charge on any atom is -0.272 e. The van der Waals surface area contributed by atoms with E-state index < -0.39 is 0 Å². The van der Waals surface area contributed by atoms with Crippen molar-refractivity contribution in [2.75, 3.05) is 12.1 Å². The van der Waals surface area contributed by atoms with E-state index in [0.29, 0.717) is 0 Å².